The lowest BCUT2D eigenvalue weighted by Gasteiger charge is -2.32. The van der Waals surface area contributed by atoms with E-state index in [4.69, 9.17) is 0 Å². The largest absolute Gasteiger partial charge is 0.332 e. The Kier molecular flexibility index (Phi) is 4.76. The number of aryl methyl sites for hydroxylation is 2. The predicted molar refractivity (Wildman–Crippen MR) is 96.0 cm³/mol. The highest BCUT2D eigenvalue weighted by atomic mass is 32.2. The molecule has 0 aliphatic carbocycles. The molecule has 0 aromatic carbocycles. The number of rotatable bonds is 4. The summed E-state index contributed by atoms with van der Waals surface area (Å²) < 4.78 is 31.8. The number of nitrogens with zero attached hydrogens (tertiary/aromatic N) is 5. The predicted octanol–water partition coefficient (Wildman–Crippen LogP) is 2.38. The van der Waals surface area contributed by atoms with Crippen LogP contribution in [0.4, 0.5) is 0 Å². The summed E-state index contributed by atoms with van der Waals surface area (Å²) in [6.07, 6.45) is 5.58. The fraction of sp³-hybridized carbons (Fsp3) is 0.647. The standard InChI is InChI=1S/C17H27N5O2S/c1-12(2)22-10-8-18-17(22)15-7-6-9-21(11-15)25(23,24)16-13(3)19-20(5)14(16)4/h8,10,12,15H,6-7,9,11H2,1-5H3. The lowest BCUT2D eigenvalue weighted by Crippen LogP contribution is -2.40. The van der Waals surface area contributed by atoms with Gasteiger partial charge in [0.2, 0.25) is 10.0 Å². The summed E-state index contributed by atoms with van der Waals surface area (Å²) in [5, 5.41) is 4.27. The van der Waals surface area contributed by atoms with E-state index in [0.29, 0.717) is 35.4 Å². The first-order chi connectivity index (χ1) is 11.7. The second kappa shape index (κ2) is 6.57. The Morgan fingerprint density at radius 2 is 2.00 bits per heavy atom. The summed E-state index contributed by atoms with van der Waals surface area (Å²) in [5.74, 6) is 1.10. The van der Waals surface area contributed by atoms with Gasteiger partial charge >= 0.3 is 0 Å². The van der Waals surface area contributed by atoms with E-state index in [1.165, 1.54) is 0 Å². The van der Waals surface area contributed by atoms with Crippen LogP contribution in [0.3, 0.4) is 0 Å². The van der Waals surface area contributed by atoms with Crippen molar-refractivity contribution in [3.05, 3.63) is 29.6 Å². The van der Waals surface area contributed by atoms with E-state index in [1.54, 1.807) is 36.1 Å². The van der Waals surface area contributed by atoms with E-state index in [9.17, 15) is 8.42 Å². The topological polar surface area (TPSA) is 73.0 Å². The van der Waals surface area contributed by atoms with Crippen LogP contribution in [0.25, 0.3) is 0 Å². The lowest BCUT2D eigenvalue weighted by molar-refractivity contribution is 0.302. The van der Waals surface area contributed by atoms with Gasteiger partial charge in [-0.1, -0.05) is 0 Å². The van der Waals surface area contributed by atoms with Gasteiger partial charge in [-0.3, -0.25) is 4.68 Å². The maximum Gasteiger partial charge on any atom is 0.246 e. The molecular weight excluding hydrogens is 338 g/mol. The van der Waals surface area contributed by atoms with E-state index in [-0.39, 0.29) is 5.92 Å². The molecule has 25 heavy (non-hydrogen) atoms. The Labute approximate surface area is 149 Å². The van der Waals surface area contributed by atoms with Crippen LogP contribution in [0.1, 0.15) is 55.9 Å². The monoisotopic (exact) mass is 365 g/mol. The van der Waals surface area contributed by atoms with Crippen LogP contribution in [0.2, 0.25) is 0 Å². The van der Waals surface area contributed by atoms with Crippen LogP contribution in [0.15, 0.2) is 17.3 Å². The van der Waals surface area contributed by atoms with Crippen molar-refractivity contribution >= 4 is 10.0 Å². The first kappa shape index (κ1) is 18.1. The van der Waals surface area contributed by atoms with E-state index in [2.05, 4.69) is 28.5 Å². The van der Waals surface area contributed by atoms with Crippen molar-refractivity contribution in [1.29, 1.82) is 0 Å². The van der Waals surface area contributed by atoms with Gasteiger partial charge < -0.3 is 4.57 Å². The molecule has 8 heteroatoms. The zero-order valence-electron chi connectivity index (χ0n) is 15.6. The quantitative estimate of drug-likeness (QED) is 0.834. The smallest absolute Gasteiger partial charge is 0.246 e. The van der Waals surface area contributed by atoms with Crippen molar-refractivity contribution in [2.75, 3.05) is 13.1 Å². The van der Waals surface area contributed by atoms with Crippen molar-refractivity contribution in [2.45, 2.75) is 57.4 Å². The van der Waals surface area contributed by atoms with Crippen LogP contribution in [-0.4, -0.2) is 45.1 Å². The molecule has 3 rings (SSSR count). The summed E-state index contributed by atoms with van der Waals surface area (Å²) in [7, 11) is -1.77. The Balaban J connectivity index is 1.92. The molecule has 2 aromatic rings. The molecule has 0 N–H and O–H groups in total. The Bertz CT molecular complexity index is 866. The molecule has 138 valence electrons. The molecule has 0 amide bonds. The Morgan fingerprint density at radius 1 is 1.28 bits per heavy atom. The van der Waals surface area contributed by atoms with Crippen molar-refractivity contribution in [3.63, 3.8) is 0 Å². The maximum absolute atomic E-state index is 13.2. The minimum Gasteiger partial charge on any atom is -0.332 e. The molecule has 1 unspecified atom stereocenters. The summed E-state index contributed by atoms with van der Waals surface area (Å²) in [6.45, 7) is 8.82. The van der Waals surface area contributed by atoms with Gasteiger partial charge in [-0.2, -0.15) is 9.40 Å². The lowest BCUT2D eigenvalue weighted by atomic mass is 9.98. The first-order valence-electron chi connectivity index (χ1n) is 8.76. The molecule has 3 heterocycles. The van der Waals surface area contributed by atoms with Gasteiger partial charge in [0.05, 0.1) is 11.4 Å². The second-order valence-electron chi connectivity index (χ2n) is 7.11. The molecular formula is C17H27N5O2S. The molecule has 1 saturated heterocycles. The van der Waals surface area contributed by atoms with Crippen LogP contribution in [0.5, 0.6) is 0 Å². The molecule has 2 aromatic heterocycles. The van der Waals surface area contributed by atoms with Crippen molar-refractivity contribution < 1.29 is 8.42 Å². The minimum absolute atomic E-state index is 0.123. The third-order valence-electron chi connectivity index (χ3n) is 5.04. The maximum atomic E-state index is 13.2. The van der Waals surface area contributed by atoms with Gasteiger partial charge in [0, 0.05) is 44.5 Å². The molecule has 1 aliphatic heterocycles. The zero-order valence-corrected chi connectivity index (χ0v) is 16.4. The van der Waals surface area contributed by atoms with Crippen LogP contribution >= 0.6 is 0 Å². The van der Waals surface area contributed by atoms with Gasteiger partial charge in [0.1, 0.15) is 10.7 Å². The number of aromatic nitrogens is 4. The van der Waals surface area contributed by atoms with Crippen LogP contribution in [0, 0.1) is 13.8 Å². The van der Waals surface area contributed by atoms with Crippen molar-refractivity contribution in [2.24, 2.45) is 7.05 Å². The molecule has 1 fully saturated rings. The average molecular weight is 366 g/mol. The highest BCUT2D eigenvalue weighted by molar-refractivity contribution is 7.89. The molecule has 0 bridgehead atoms. The van der Waals surface area contributed by atoms with Gasteiger partial charge in [-0.15, -0.1) is 0 Å². The fourth-order valence-corrected chi connectivity index (χ4v) is 5.63. The van der Waals surface area contributed by atoms with Crippen molar-refractivity contribution in [1.82, 2.24) is 23.6 Å². The minimum atomic E-state index is -3.55. The Morgan fingerprint density at radius 3 is 2.60 bits per heavy atom. The van der Waals surface area contributed by atoms with E-state index in [1.807, 2.05) is 6.20 Å². The number of hydrogen-bond donors (Lipinski definition) is 0. The summed E-state index contributed by atoms with van der Waals surface area (Å²) in [6, 6.07) is 0.312. The number of sulfonamides is 1. The second-order valence-corrected chi connectivity index (χ2v) is 8.99. The number of piperidine rings is 1. The zero-order chi connectivity index (χ0) is 18.4. The van der Waals surface area contributed by atoms with Gasteiger partial charge in [0.25, 0.3) is 0 Å². The normalized spacial score (nSPS) is 19.7. The molecule has 1 aliphatic rings. The van der Waals surface area contributed by atoms with E-state index < -0.39 is 10.0 Å². The van der Waals surface area contributed by atoms with Gasteiger partial charge in [-0.25, -0.2) is 13.4 Å². The molecule has 0 saturated carbocycles. The number of imidazole rings is 1. The first-order valence-corrected chi connectivity index (χ1v) is 10.2. The van der Waals surface area contributed by atoms with E-state index in [0.717, 1.165) is 18.7 Å². The van der Waals surface area contributed by atoms with E-state index >= 15 is 0 Å². The van der Waals surface area contributed by atoms with Gasteiger partial charge in [-0.05, 0) is 40.5 Å². The van der Waals surface area contributed by atoms with Crippen molar-refractivity contribution in [3.8, 4) is 0 Å². The van der Waals surface area contributed by atoms with Gasteiger partial charge in [0.15, 0.2) is 0 Å². The highest BCUT2D eigenvalue weighted by Gasteiger charge is 2.35. The summed E-state index contributed by atoms with van der Waals surface area (Å²) in [5.41, 5.74) is 1.24. The van der Waals surface area contributed by atoms with Crippen LogP contribution in [-0.2, 0) is 17.1 Å². The highest BCUT2D eigenvalue weighted by Crippen LogP contribution is 2.32. The third kappa shape index (κ3) is 3.13. The SMILES string of the molecule is Cc1nn(C)c(C)c1S(=O)(=O)N1CCCC(c2nccn2C(C)C)C1. The average Bonchev–Trinajstić information content (AvgIpc) is 3.13. The Hall–Kier alpha value is -1.67. The number of hydrogen-bond acceptors (Lipinski definition) is 4. The fourth-order valence-electron chi connectivity index (χ4n) is 3.71. The molecule has 0 spiro atoms. The summed E-state index contributed by atoms with van der Waals surface area (Å²) in [4.78, 5) is 4.86. The molecule has 7 nitrogen and oxygen atoms in total. The third-order valence-corrected chi connectivity index (χ3v) is 7.16. The summed E-state index contributed by atoms with van der Waals surface area (Å²) >= 11 is 0. The molecule has 1 atom stereocenters. The molecule has 0 radical (unpaired) electrons. The van der Waals surface area contributed by atoms with Crippen LogP contribution < -0.4 is 0 Å².